The average Bonchev–Trinajstić information content (AvgIpc) is 3.69. The number of rotatable bonds is 12. The van der Waals surface area contributed by atoms with Crippen molar-refractivity contribution in [3.05, 3.63) is 113 Å². The standard InChI is InChI=1S/C37H36F2N6O7S/c1-44-15-14-26-22(8-13-27(28(26)19-44)34-32(50-2)6-5-7-33(34)51-3)16-31(37(47)52-4)42-36(46)35-29(38)17-23(18-30(35)39)43-53(48,49)25-11-9-24(10-12-25)45-21-40-20-41-45/h5-13,17-18,20-21,31,43H,14-16,19H2,1-4H3,(H,42,46). The van der Waals surface area contributed by atoms with Gasteiger partial charge in [-0.3, -0.25) is 9.52 Å². The molecule has 1 aliphatic heterocycles. The molecule has 53 heavy (non-hydrogen) atoms. The van der Waals surface area contributed by atoms with Crippen molar-refractivity contribution in [1.82, 2.24) is 25.0 Å². The van der Waals surface area contributed by atoms with Gasteiger partial charge >= 0.3 is 5.97 Å². The fourth-order valence-electron chi connectivity index (χ4n) is 6.40. The number of likely N-dealkylation sites (N-methyl/N-ethyl adjacent to an activating group) is 1. The van der Waals surface area contributed by atoms with Gasteiger partial charge in [0, 0.05) is 19.5 Å². The molecular weight excluding hydrogens is 711 g/mol. The van der Waals surface area contributed by atoms with Crippen LogP contribution in [0, 0.1) is 11.6 Å². The van der Waals surface area contributed by atoms with E-state index in [9.17, 15) is 18.0 Å². The zero-order chi connectivity index (χ0) is 37.9. The maximum atomic E-state index is 15.4. The molecule has 1 unspecified atom stereocenters. The summed E-state index contributed by atoms with van der Waals surface area (Å²) >= 11 is 0. The normalized spacial score (nSPS) is 13.5. The first kappa shape index (κ1) is 36.9. The highest BCUT2D eigenvalue weighted by Gasteiger charge is 2.30. The second-order valence-corrected chi connectivity index (χ2v) is 13.9. The van der Waals surface area contributed by atoms with Crippen LogP contribution in [0.4, 0.5) is 14.5 Å². The Hall–Kier alpha value is -5.87. The number of hydrogen-bond donors (Lipinski definition) is 2. The third-order valence-electron chi connectivity index (χ3n) is 8.96. The highest BCUT2D eigenvalue weighted by atomic mass is 32.2. The van der Waals surface area contributed by atoms with Crippen LogP contribution in [-0.2, 0) is 38.9 Å². The lowest BCUT2D eigenvalue weighted by atomic mass is 9.85. The second kappa shape index (κ2) is 15.4. The van der Waals surface area contributed by atoms with Gasteiger partial charge in [0.05, 0.1) is 43.2 Å². The molecule has 2 N–H and O–H groups in total. The largest absolute Gasteiger partial charge is 0.496 e. The number of sulfonamides is 1. The van der Waals surface area contributed by atoms with Crippen molar-refractivity contribution in [1.29, 1.82) is 0 Å². The van der Waals surface area contributed by atoms with Crippen molar-refractivity contribution in [3.8, 4) is 28.3 Å². The topological polar surface area (TPSA) is 154 Å². The zero-order valence-electron chi connectivity index (χ0n) is 29.2. The minimum Gasteiger partial charge on any atom is -0.496 e. The van der Waals surface area contributed by atoms with Crippen molar-refractivity contribution >= 4 is 27.6 Å². The monoisotopic (exact) mass is 746 g/mol. The maximum absolute atomic E-state index is 15.4. The number of fused-ring (bicyclic) bond motifs is 1. The van der Waals surface area contributed by atoms with Gasteiger partial charge in [0.1, 0.15) is 47.4 Å². The number of methoxy groups -OCH3 is 3. The van der Waals surface area contributed by atoms with E-state index in [4.69, 9.17) is 14.2 Å². The molecule has 4 aromatic carbocycles. The molecule has 0 saturated carbocycles. The fourth-order valence-corrected chi connectivity index (χ4v) is 7.44. The molecule has 1 aliphatic rings. The minimum absolute atomic E-state index is 0.0371. The van der Waals surface area contributed by atoms with E-state index in [0.29, 0.717) is 42.3 Å². The Labute approximate surface area is 304 Å². The van der Waals surface area contributed by atoms with Gasteiger partial charge in [-0.1, -0.05) is 18.2 Å². The van der Waals surface area contributed by atoms with E-state index in [-0.39, 0.29) is 11.3 Å². The first-order valence-electron chi connectivity index (χ1n) is 16.3. The SMILES string of the molecule is COC(=O)C(Cc1ccc(-c2c(OC)cccc2OC)c2c1CCN(C)C2)NC(=O)c1c(F)cc(NS(=O)(=O)c2ccc(-n3cncn3)cc2)cc1F. The number of carbonyl (C=O) groups excluding carboxylic acids is 2. The molecule has 16 heteroatoms. The van der Waals surface area contributed by atoms with Gasteiger partial charge < -0.3 is 24.4 Å². The number of ether oxygens (including phenoxy) is 3. The summed E-state index contributed by atoms with van der Waals surface area (Å²) in [5.74, 6) is -3.50. The summed E-state index contributed by atoms with van der Waals surface area (Å²) < 4.78 is 76.7. The highest BCUT2D eigenvalue weighted by Crippen LogP contribution is 2.43. The molecular formula is C37H36F2N6O7S. The Bertz CT molecular complexity index is 2220. The second-order valence-electron chi connectivity index (χ2n) is 12.3. The molecule has 0 fully saturated rings. The first-order chi connectivity index (χ1) is 25.4. The van der Waals surface area contributed by atoms with E-state index in [1.807, 2.05) is 37.4 Å². The number of halogens is 2. The number of hydrogen-bond acceptors (Lipinski definition) is 10. The third-order valence-corrected chi connectivity index (χ3v) is 10.4. The summed E-state index contributed by atoms with van der Waals surface area (Å²) in [6.45, 7) is 1.30. The van der Waals surface area contributed by atoms with Gasteiger partial charge in [0.25, 0.3) is 15.9 Å². The van der Waals surface area contributed by atoms with Crippen molar-refractivity contribution < 1.29 is 41.0 Å². The summed E-state index contributed by atoms with van der Waals surface area (Å²) in [6, 6.07) is 14.9. The molecule has 6 rings (SSSR count). The Morgan fingerprint density at radius 3 is 2.23 bits per heavy atom. The number of aromatic nitrogens is 3. The van der Waals surface area contributed by atoms with Crippen molar-refractivity contribution in [2.75, 3.05) is 39.6 Å². The molecule has 0 bridgehead atoms. The summed E-state index contributed by atoms with van der Waals surface area (Å²) in [6.07, 6.45) is 3.34. The lowest BCUT2D eigenvalue weighted by Crippen LogP contribution is -2.44. The van der Waals surface area contributed by atoms with Gasteiger partial charge in [-0.15, -0.1) is 0 Å². The van der Waals surface area contributed by atoms with E-state index in [0.717, 1.165) is 41.5 Å². The zero-order valence-corrected chi connectivity index (χ0v) is 30.0. The molecule has 5 aromatic rings. The third kappa shape index (κ3) is 7.68. The minimum atomic E-state index is -4.28. The van der Waals surface area contributed by atoms with E-state index < -0.39 is 50.8 Å². The molecule has 0 aliphatic carbocycles. The predicted octanol–water partition coefficient (Wildman–Crippen LogP) is 4.53. The van der Waals surface area contributed by atoms with E-state index >= 15 is 8.78 Å². The predicted molar refractivity (Wildman–Crippen MR) is 191 cm³/mol. The Balaban J connectivity index is 1.25. The molecule has 0 radical (unpaired) electrons. The van der Waals surface area contributed by atoms with E-state index in [1.165, 1.54) is 41.6 Å². The van der Waals surface area contributed by atoms with Gasteiger partial charge in [0.2, 0.25) is 0 Å². The number of carbonyl (C=O) groups is 2. The molecule has 1 atom stereocenters. The van der Waals surface area contributed by atoms with Crippen LogP contribution in [0.2, 0.25) is 0 Å². The Morgan fingerprint density at radius 2 is 1.62 bits per heavy atom. The maximum Gasteiger partial charge on any atom is 0.328 e. The van der Waals surface area contributed by atoms with Crippen molar-refractivity contribution in [2.45, 2.75) is 30.3 Å². The van der Waals surface area contributed by atoms with Crippen LogP contribution < -0.4 is 19.5 Å². The number of amides is 1. The van der Waals surface area contributed by atoms with Crippen LogP contribution in [0.1, 0.15) is 27.0 Å². The van der Waals surface area contributed by atoms with Crippen LogP contribution in [0.15, 0.2) is 84.3 Å². The Morgan fingerprint density at radius 1 is 0.943 bits per heavy atom. The summed E-state index contributed by atoms with van der Waals surface area (Å²) in [4.78, 5) is 32.2. The molecule has 0 spiro atoms. The number of anilines is 1. The van der Waals surface area contributed by atoms with Crippen LogP contribution in [0.5, 0.6) is 11.5 Å². The van der Waals surface area contributed by atoms with Crippen LogP contribution >= 0.6 is 0 Å². The molecule has 2 heterocycles. The molecule has 0 saturated heterocycles. The van der Waals surface area contributed by atoms with Gasteiger partial charge in [0.15, 0.2) is 0 Å². The van der Waals surface area contributed by atoms with Gasteiger partial charge in [-0.25, -0.2) is 31.7 Å². The van der Waals surface area contributed by atoms with Crippen LogP contribution in [0.3, 0.4) is 0 Å². The van der Waals surface area contributed by atoms with Gasteiger partial charge in [-0.05, 0) is 84.3 Å². The lowest BCUT2D eigenvalue weighted by Gasteiger charge is -2.30. The number of nitrogens with zero attached hydrogens (tertiary/aromatic N) is 4. The Kier molecular flexibility index (Phi) is 10.7. The smallest absolute Gasteiger partial charge is 0.328 e. The summed E-state index contributed by atoms with van der Waals surface area (Å²) in [5.41, 5.74) is 3.41. The molecule has 276 valence electrons. The molecule has 13 nitrogen and oxygen atoms in total. The summed E-state index contributed by atoms with van der Waals surface area (Å²) in [7, 11) is 2.01. The van der Waals surface area contributed by atoms with Crippen LogP contribution in [-0.4, -0.2) is 80.9 Å². The van der Waals surface area contributed by atoms with Crippen molar-refractivity contribution in [3.63, 3.8) is 0 Å². The highest BCUT2D eigenvalue weighted by molar-refractivity contribution is 7.92. The lowest BCUT2D eigenvalue weighted by molar-refractivity contribution is -0.142. The van der Waals surface area contributed by atoms with Crippen LogP contribution in [0.25, 0.3) is 16.8 Å². The fraction of sp³-hybridized carbons (Fsp3) is 0.243. The number of benzene rings is 4. The quantitative estimate of drug-likeness (QED) is 0.174. The molecule has 1 aromatic heterocycles. The summed E-state index contributed by atoms with van der Waals surface area (Å²) in [5, 5.41) is 6.40. The number of esters is 1. The van der Waals surface area contributed by atoms with E-state index in [1.54, 1.807) is 14.2 Å². The van der Waals surface area contributed by atoms with Gasteiger partial charge in [-0.2, -0.15) is 5.10 Å². The number of nitrogens with one attached hydrogen (secondary N) is 2. The average molecular weight is 747 g/mol. The molecule has 1 amide bonds. The van der Waals surface area contributed by atoms with E-state index in [2.05, 4.69) is 25.0 Å². The first-order valence-corrected chi connectivity index (χ1v) is 17.8. The van der Waals surface area contributed by atoms with Crippen molar-refractivity contribution in [2.24, 2.45) is 0 Å².